The molecule has 1 fully saturated rings. The molecule has 160 valence electrons. The number of para-hydroxylation sites is 1. The maximum atomic E-state index is 15.1. The molecule has 0 radical (unpaired) electrons. The molecule has 11 heteroatoms. The highest BCUT2D eigenvalue weighted by Crippen LogP contribution is 2.37. The fraction of sp³-hybridized carbons (Fsp3) is 0.316. The lowest BCUT2D eigenvalue weighted by molar-refractivity contribution is -0.192. The number of rotatable bonds is 2. The number of nitrogens with two attached hydrogens (primary N) is 1. The van der Waals surface area contributed by atoms with Crippen LogP contribution in [0, 0.1) is 17.1 Å². The standard InChI is InChI=1S/C17H17FN4O.C2HF3O2/c18-15-14(10-4-3-7-21-9-10)12(8-19)17(20)22-16(15)11-5-1-2-6-13(11)23;3-2(4,5)1(6)7/h1-2,5-6,10,21,23H,3-4,7,9H2,(H2,20,22);(H,6,7). The molecule has 1 aliphatic heterocycles. The van der Waals surface area contributed by atoms with Gasteiger partial charge in [-0.15, -0.1) is 0 Å². The number of halogens is 4. The van der Waals surface area contributed by atoms with E-state index in [-0.39, 0.29) is 34.3 Å². The van der Waals surface area contributed by atoms with Crippen LogP contribution in [0.4, 0.5) is 23.4 Å². The Balaban J connectivity index is 0.000000396. The van der Waals surface area contributed by atoms with E-state index in [4.69, 9.17) is 15.6 Å². The van der Waals surface area contributed by atoms with Gasteiger partial charge in [0.05, 0.1) is 0 Å². The minimum atomic E-state index is -5.08. The Bertz CT molecular complexity index is 967. The maximum Gasteiger partial charge on any atom is 0.490 e. The number of alkyl halides is 3. The zero-order chi connectivity index (χ0) is 22.5. The molecule has 0 saturated carbocycles. The highest BCUT2D eigenvalue weighted by molar-refractivity contribution is 5.73. The van der Waals surface area contributed by atoms with Crippen molar-refractivity contribution in [2.24, 2.45) is 0 Å². The van der Waals surface area contributed by atoms with Crippen molar-refractivity contribution in [2.45, 2.75) is 24.9 Å². The molecule has 0 spiro atoms. The normalized spacial score (nSPS) is 16.2. The smallest absolute Gasteiger partial charge is 0.490 e. The van der Waals surface area contributed by atoms with E-state index in [1.807, 2.05) is 6.07 Å². The second-order valence-electron chi connectivity index (χ2n) is 6.42. The predicted molar refractivity (Wildman–Crippen MR) is 99.0 cm³/mol. The van der Waals surface area contributed by atoms with Crippen molar-refractivity contribution < 1.29 is 32.6 Å². The lowest BCUT2D eigenvalue weighted by Crippen LogP contribution is -2.29. The number of piperidine rings is 1. The first kappa shape index (κ1) is 22.9. The topological polar surface area (TPSA) is 132 Å². The van der Waals surface area contributed by atoms with Crippen molar-refractivity contribution in [2.75, 3.05) is 18.8 Å². The first-order valence-electron chi connectivity index (χ1n) is 8.76. The van der Waals surface area contributed by atoms with Crippen LogP contribution in [0.2, 0.25) is 0 Å². The molecule has 0 bridgehead atoms. The first-order valence-corrected chi connectivity index (χ1v) is 8.76. The number of aromatic nitrogens is 1. The van der Waals surface area contributed by atoms with E-state index in [2.05, 4.69) is 10.3 Å². The zero-order valence-electron chi connectivity index (χ0n) is 15.5. The second-order valence-corrected chi connectivity index (χ2v) is 6.42. The second kappa shape index (κ2) is 9.41. The molecular formula is C19H18F4N4O3. The summed E-state index contributed by atoms with van der Waals surface area (Å²) in [6.45, 7) is 1.47. The lowest BCUT2D eigenvalue weighted by atomic mass is 9.87. The Morgan fingerprint density at radius 3 is 2.47 bits per heavy atom. The zero-order valence-corrected chi connectivity index (χ0v) is 15.5. The van der Waals surface area contributed by atoms with Gasteiger partial charge in [0.1, 0.15) is 28.9 Å². The molecule has 5 N–H and O–H groups in total. The fourth-order valence-corrected chi connectivity index (χ4v) is 3.05. The molecule has 1 saturated heterocycles. The summed E-state index contributed by atoms with van der Waals surface area (Å²) in [5.74, 6) is -3.55. The number of aliphatic carboxylic acids is 1. The van der Waals surface area contributed by atoms with Crippen LogP contribution in [0.25, 0.3) is 11.3 Å². The maximum absolute atomic E-state index is 15.1. The molecular weight excluding hydrogens is 408 g/mol. The van der Waals surface area contributed by atoms with E-state index in [9.17, 15) is 23.5 Å². The number of nitriles is 1. The summed E-state index contributed by atoms with van der Waals surface area (Å²) in [7, 11) is 0. The van der Waals surface area contributed by atoms with Crippen molar-refractivity contribution in [3.63, 3.8) is 0 Å². The number of carbonyl (C=O) groups is 1. The summed E-state index contributed by atoms with van der Waals surface area (Å²) in [6, 6.07) is 8.36. The van der Waals surface area contributed by atoms with Crippen molar-refractivity contribution in [3.05, 3.63) is 41.2 Å². The van der Waals surface area contributed by atoms with Crippen LogP contribution in [0.5, 0.6) is 5.75 Å². The number of benzene rings is 1. The number of aromatic hydroxyl groups is 1. The molecule has 1 unspecified atom stereocenters. The highest BCUT2D eigenvalue weighted by Gasteiger charge is 2.38. The summed E-state index contributed by atoms with van der Waals surface area (Å²) in [5, 5.41) is 29.7. The molecule has 0 amide bonds. The Morgan fingerprint density at radius 2 is 1.97 bits per heavy atom. The Labute approximate surface area is 168 Å². The molecule has 1 aromatic heterocycles. The number of phenolic OH excluding ortho intramolecular Hbond substituents is 1. The number of carboxylic acid groups (broad SMARTS) is 1. The molecule has 1 aromatic carbocycles. The van der Waals surface area contributed by atoms with Crippen LogP contribution in [0.15, 0.2) is 24.3 Å². The van der Waals surface area contributed by atoms with Crippen LogP contribution < -0.4 is 11.1 Å². The number of phenols is 1. The third-order valence-electron chi connectivity index (χ3n) is 4.42. The van der Waals surface area contributed by atoms with Gasteiger partial charge in [-0.1, -0.05) is 12.1 Å². The van der Waals surface area contributed by atoms with Crippen molar-refractivity contribution in [1.29, 1.82) is 5.26 Å². The van der Waals surface area contributed by atoms with E-state index in [0.717, 1.165) is 19.4 Å². The largest absolute Gasteiger partial charge is 0.507 e. The Morgan fingerprint density at radius 1 is 1.33 bits per heavy atom. The van der Waals surface area contributed by atoms with Gasteiger partial charge in [0, 0.05) is 23.6 Å². The van der Waals surface area contributed by atoms with Gasteiger partial charge >= 0.3 is 12.1 Å². The minimum Gasteiger partial charge on any atom is -0.507 e. The third-order valence-corrected chi connectivity index (χ3v) is 4.42. The third kappa shape index (κ3) is 5.15. The average molecular weight is 426 g/mol. The van der Waals surface area contributed by atoms with Crippen LogP contribution in [-0.4, -0.2) is 40.4 Å². The molecule has 30 heavy (non-hydrogen) atoms. The minimum absolute atomic E-state index is 0.00673. The van der Waals surface area contributed by atoms with Gasteiger partial charge in [0.25, 0.3) is 0 Å². The molecule has 2 heterocycles. The number of nitrogens with one attached hydrogen (secondary N) is 1. The van der Waals surface area contributed by atoms with E-state index >= 15 is 4.39 Å². The summed E-state index contributed by atoms with van der Waals surface area (Å²) >= 11 is 0. The summed E-state index contributed by atoms with van der Waals surface area (Å²) in [6.07, 6.45) is -3.40. The first-order chi connectivity index (χ1) is 14.1. The summed E-state index contributed by atoms with van der Waals surface area (Å²) < 4.78 is 46.9. The molecule has 3 rings (SSSR count). The van der Waals surface area contributed by atoms with E-state index in [1.165, 1.54) is 6.07 Å². The van der Waals surface area contributed by atoms with E-state index in [1.54, 1.807) is 18.2 Å². The SMILES string of the molecule is N#Cc1c(N)nc(-c2ccccc2O)c(F)c1C1CCCNC1.O=C(O)C(F)(F)F. The number of pyridine rings is 1. The number of hydrogen-bond donors (Lipinski definition) is 4. The van der Waals surface area contributed by atoms with Gasteiger partial charge < -0.3 is 21.3 Å². The van der Waals surface area contributed by atoms with Crippen molar-refractivity contribution in [3.8, 4) is 23.1 Å². The monoisotopic (exact) mass is 426 g/mol. The van der Waals surface area contributed by atoms with Crippen molar-refractivity contribution in [1.82, 2.24) is 10.3 Å². The molecule has 1 aliphatic rings. The van der Waals surface area contributed by atoms with Crippen LogP contribution in [-0.2, 0) is 4.79 Å². The quantitative estimate of drug-likeness (QED) is 0.542. The number of hydrogen-bond acceptors (Lipinski definition) is 6. The fourth-order valence-electron chi connectivity index (χ4n) is 3.05. The average Bonchev–Trinajstić information content (AvgIpc) is 2.70. The van der Waals surface area contributed by atoms with Gasteiger partial charge in [-0.05, 0) is 31.5 Å². The van der Waals surface area contributed by atoms with E-state index in [0.29, 0.717) is 12.1 Å². The summed E-state index contributed by atoms with van der Waals surface area (Å²) in [5.41, 5.74) is 6.54. The lowest BCUT2D eigenvalue weighted by Gasteiger charge is -2.25. The number of nitrogens with zero attached hydrogens (tertiary/aromatic N) is 2. The van der Waals surface area contributed by atoms with Gasteiger partial charge in [0.15, 0.2) is 5.82 Å². The summed E-state index contributed by atoms with van der Waals surface area (Å²) in [4.78, 5) is 12.9. The van der Waals surface area contributed by atoms with Crippen LogP contribution in [0.1, 0.15) is 29.9 Å². The van der Waals surface area contributed by atoms with Crippen molar-refractivity contribution >= 4 is 11.8 Å². The number of carboxylic acids is 1. The highest BCUT2D eigenvalue weighted by atomic mass is 19.4. The van der Waals surface area contributed by atoms with Gasteiger partial charge in [-0.3, -0.25) is 0 Å². The molecule has 2 aromatic rings. The van der Waals surface area contributed by atoms with Crippen LogP contribution in [0.3, 0.4) is 0 Å². The Kier molecular flexibility index (Phi) is 7.18. The molecule has 0 aliphatic carbocycles. The van der Waals surface area contributed by atoms with Gasteiger partial charge in [-0.2, -0.15) is 18.4 Å². The van der Waals surface area contributed by atoms with Gasteiger partial charge in [-0.25, -0.2) is 14.2 Å². The van der Waals surface area contributed by atoms with E-state index < -0.39 is 18.0 Å². The number of nitrogen functional groups attached to an aromatic ring is 1. The molecule has 1 atom stereocenters. The van der Waals surface area contributed by atoms with Gasteiger partial charge in [0.2, 0.25) is 0 Å². The Hall–Kier alpha value is -3.39. The predicted octanol–water partition coefficient (Wildman–Crippen LogP) is 3.15. The van der Waals surface area contributed by atoms with Crippen LogP contribution >= 0.6 is 0 Å². The molecule has 7 nitrogen and oxygen atoms in total. The number of anilines is 1.